The molecule has 0 fully saturated rings. The summed E-state index contributed by atoms with van der Waals surface area (Å²) in [5.41, 5.74) is 0. The molecule has 86 valence electrons. The minimum absolute atomic E-state index is 0.844. The Morgan fingerprint density at radius 2 is 2.44 bits per heavy atom. The van der Waals surface area contributed by atoms with Crippen LogP contribution in [0.4, 0.5) is 5.13 Å². The molecule has 0 aliphatic carbocycles. The zero-order valence-corrected chi connectivity index (χ0v) is 10.1. The number of aromatic nitrogens is 4. The van der Waals surface area contributed by atoms with Crippen LogP contribution in [-0.2, 0) is 13.0 Å². The summed E-state index contributed by atoms with van der Waals surface area (Å²) in [6.07, 6.45) is 7.59. The Balaban J connectivity index is 1.76. The second-order valence-electron chi connectivity index (χ2n) is 3.49. The van der Waals surface area contributed by atoms with E-state index in [0.717, 1.165) is 36.9 Å². The summed E-state index contributed by atoms with van der Waals surface area (Å²) in [4.78, 5) is 8.38. The summed E-state index contributed by atoms with van der Waals surface area (Å²) >= 11 is 1.43. The molecule has 0 bridgehead atoms. The van der Waals surface area contributed by atoms with Gasteiger partial charge in [-0.2, -0.15) is 4.37 Å². The highest BCUT2D eigenvalue weighted by Crippen LogP contribution is 2.11. The van der Waals surface area contributed by atoms with Crippen molar-refractivity contribution in [2.24, 2.45) is 0 Å². The summed E-state index contributed by atoms with van der Waals surface area (Å²) in [6.45, 7) is 3.87. The number of nitrogens with zero attached hydrogens (tertiary/aromatic N) is 4. The highest BCUT2D eigenvalue weighted by Gasteiger charge is 2.01. The van der Waals surface area contributed by atoms with E-state index >= 15 is 0 Å². The average molecular weight is 237 g/mol. The minimum Gasteiger partial charge on any atom is -0.358 e. The first-order chi connectivity index (χ1) is 7.88. The van der Waals surface area contributed by atoms with Crippen molar-refractivity contribution in [1.82, 2.24) is 18.9 Å². The van der Waals surface area contributed by atoms with E-state index in [-0.39, 0.29) is 0 Å². The van der Waals surface area contributed by atoms with Crippen LogP contribution in [0.5, 0.6) is 0 Å². The van der Waals surface area contributed by atoms with Gasteiger partial charge in [-0.05, 0) is 6.42 Å². The lowest BCUT2D eigenvalue weighted by Crippen LogP contribution is -2.08. The lowest BCUT2D eigenvalue weighted by Gasteiger charge is -2.02. The molecule has 1 N–H and O–H groups in total. The molecule has 2 rings (SSSR count). The summed E-state index contributed by atoms with van der Waals surface area (Å²) in [5, 5.41) is 4.16. The van der Waals surface area contributed by atoms with Crippen molar-refractivity contribution >= 4 is 16.7 Å². The first-order valence-corrected chi connectivity index (χ1v) is 6.18. The zero-order valence-electron chi connectivity index (χ0n) is 9.26. The van der Waals surface area contributed by atoms with Crippen molar-refractivity contribution in [3.8, 4) is 0 Å². The summed E-state index contributed by atoms with van der Waals surface area (Å²) < 4.78 is 6.30. The third-order valence-corrected chi connectivity index (χ3v) is 2.86. The molecule has 6 heteroatoms. The fourth-order valence-corrected chi connectivity index (χ4v) is 2.00. The quantitative estimate of drug-likeness (QED) is 0.832. The van der Waals surface area contributed by atoms with Crippen molar-refractivity contribution in [2.75, 3.05) is 11.9 Å². The van der Waals surface area contributed by atoms with Gasteiger partial charge in [0.1, 0.15) is 5.82 Å². The maximum absolute atomic E-state index is 4.39. The van der Waals surface area contributed by atoms with Crippen molar-refractivity contribution < 1.29 is 0 Å². The predicted molar refractivity (Wildman–Crippen MR) is 64.6 cm³/mol. The van der Waals surface area contributed by atoms with E-state index in [4.69, 9.17) is 0 Å². The molecule has 0 radical (unpaired) electrons. The van der Waals surface area contributed by atoms with Crippen LogP contribution in [-0.4, -0.2) is 25.5 Å². The molecular weight excluding hydrogens is 222 g/mol. The van der Waals surface area contributed by atoms with Gasteiger partial charge in [-0.15, -0.1) is 0 Å². The van der Waals surface area contributed by atoms with Gasteiger partial charge in [-0.25, -0.2) is 9.97 Å². The predicted octanol–water partition coefficient (Wildman–Crippen LogP) is 1.80. The molecule has 0 spiro atoms. The van der Waals surface area contributed by atoms with Crippen LogP contribution < -0.4 is 5.32 Å². The van der Waals surface area contributed by atoms with Crippen LogP contribution in [0.2, 0.25) is 0 Å². The van der Waals surface area contributed by atoms with Crippen LogP contribution >= 0.6 is 11.5 Å². The van der Waals surface area contributed by atoms with E-state index in [0.29, 0.717) is 0 Å². The van der Waals surface area contributed by atoms with Crippen molar-refractivity contribution in [1.29, 1.82) is 0 Å². The number of nitrogens with one attached hydrogen (secondary N) is 1. The number of rotatable bonds is 6. The molecule has 0 saturated carbocycles. The first-order valence-electron chi connectivity index (χ1n) is 5.40. The van der Waals surface area contributed by atoms with Crippen LogP contribution in [0.15, 0.2) is 18.7 Å². The number of imidazole rings is 1. The van der Waals surface area contributed by atoms with Crippen molar-refractivity contribution in [2.45, 2.75) is 26.3 Å². The molecule has 16 heavy (non-hydrogen) atoms. The zero-order chi connectivity index (χ0) is 11.2. The second kappa shape index (κ2) is 5.60. The van der Waals surface area contributed by atoms with E-state index < -0.39 is 0 Å². The van der Waals surface area contributed by atoms with Crippen LogP contribution in [0.25, 0.3) is 0 Å². The van der Waals surface area contributed by atoms with Crippen molar-refractivity contribution in [3.63, 3.8) is 0 Å². The number of aryl methyl sites for hydroxylation is 1. The number of hydrogen-bond acceptors (Lipinski definition) is 5. The van der Waals surface area contributed by atoms with E-state index in [9.17, 15) is 0 Å². The molecule has 0 unspecified atom stereocenters. The Morgan fingerprint density at radius 3 is 3.19 bits per heavy atom. The van der Waals surface area contributed by atoms with Gasteiger partial charge in [-0.3, -0.25) is 0 Å². The van der Waals surface area contributed by atoms with Crippen molar-refractivity contribution in [3.05, 3.63) is 24.5 Å². The van der Waals surface area contributed by atoms with Gasteiger partial charge in [0.15, 0.2) is 0 Å². The molecule has 0 aliphatic heterocycles. The van der Waals surface area contributed by atoms with E-state index in [1.54, 1.807) is 6.20 Å². The Kier molecular flexibility index (Phi) is 3.87. The molecule has 0 aliphatic rings. The van der Waals surface area contributed by atoms with Gasteiger partial charge in [-0.1, -0.05) is 6.92 Å². The molecule has 2 aromatic heterocycles. The summed E-state index contributed by atoms with van der Waals surface area (Å²) in [7, 11) is 0. The Hall–Kier alpha value is -1.43. The maximum atomic E-state index is 4.39. The Labute approximate surface area is 98.7 Å². The molecule has 2 aromatic rings. The topological polar surface area (TPSA) is 55.6 Å². The maximum Gasteiger partial charge on any atom is 0.202 e. The smallest absolute Gasteiger partial charge is 0.202 e. The van der Waals surface area contributed by atoms with Crippen LogP contribution in [0.1, 0.15) is 19.2 Å². The molecular formula is C10H15N5S. The van der Waals surface area contributed by atoms with Gasteiger partial charge in [0.25, 0.3) is 0 Å². The molecule has 2 heterocycles. The highest BCUT2D eigenvalue weighted by atomic mass is 32.1. The standard InChI is InChI=1S/C10H15N5S/c1-2-3-9-13-10(16-14-9)12-5-7-15-6-4-11-8-15/h4,6,8H,2-3,5,7H2,1H3,(H,12,13,14). The summed E-state index contributed by atoms with van der Waals surface area (Å²) in [6, 6.07) is 0. The van der Waals surface area contributed by atoms with Gasteiger partial charge in [0.2, 0.25) is 5.13 Å². The monoisotopic (exact) mass is 237 g/mol. The fraction of sp³-hybridized carbons (Fsp3) is 0.500. The third kappa shape index (κ3) is 3.03. The normalized spacial score (nSPS) is 10.6. The molecule has 0 atom stereocenters. The van der Waals surface area contributed by atoms with E-state index in [1.165, 1.54) is 11.5 Å². The Bertz CT molecular complexity index is 409. The lowest BCUT2D eigenvalue weighted by molar-refractivity contribution is 0.726. The molecule has 5 nitrogen and oxygen atoms in total. The minimum atomic E-state index is 0.844. The molecule has 0 amide bonds. The highest BCUT2D eigenvalue weighted by molar-refractivity contribution is 7.09. The number of hydrogen-bond donors (Lipinski definition) is 1. The number of anilines is 1. The van der Waals surface area contributed by atoms with Crippen LogP contribution in [0, 0.1) is 0 Å². The second-order valence-corrected chi connectivity index (χ2v) is 4.24. The van der Waals surface area contributed by atoms with Gasteiger partial charge in [0.05, 0.1) is 6.33 Å². The van der Waals surface area contributed by atoms with Gasteiger partial charge < -0.3 is 9.88 Å². The first kappa shape index (κ1) is 11.1. The fourth-order valence-electron chi connectivity index (χ4n) is 1.36. The average Bonchev–Trinajstić information content (AvgIpc) is 2.90. The summed E-state index contributed by atoms with van der Waals surface area (Å²) in [5.74, 6) is 0.942. The van der Waals surface area contributed by atoms with Gasteiger partial charge in [0, 0.05) is 43.4 Å². The third-order valence-electron chi connectivity index (χ3n) is 2.15. The molecule has 0 saturated heterocycles. The van der Waals surface area contributed by atoms with E-state index in [1.807, 2.05) is 17.1 Å². The Morgan fingerprint density at radius 1 is 1.50 bits per heavy atom. The largest absolute Gasteiger partial charge is 0.358 e. The van der Waals surface area contributed by atoms with Crippen LogP contribution in [0.3, 0.4) is 0 Å². The van der Waals surface area contributed by atoms with Gasteiger partial charge >= 0.3 is 0 Å². The molecule has 0 aromatic carbocycles. The SMILES string of the molecule is CCCc1nsc(NCCn2ccnc2)n1. The lowest BCUT2D eigenvalue weighted by atomic mass is 10.3. The van der Waals surface area contributed by atoms with E-state index in [2.05, 4.69) is 26.6 Å².